The Morgan fingerprint density at radius 2 is 1.93 bits per heavy atom. The zero-order chi connectivity index (χ0) is 9.38. The molecule has 1 unspecified atom stereocenters. The van der Waals surface area contributed by atoms with Crippen molar-refractivity contribution in [3.63, 3.8) is 0 Å². The van der Waals surface area contributed by atoms with Crippen LogP contribution in [0.15, 0.2) is 24.3 Å². The third kappa shape index (κ3) is 1.45. The van der Waals surface area contributed by atoms with Gasteiger partial charge in [-0.1, -0.05) is 24.3 Å². The largest absolute Gasteiger partial charge is 0.314 e. The molecule has 0 radical (unpaired) electrons. The molecular formula is C12H16N2. The second-order valence-electron chi connectivity index (χ2n) is 4.35. The van der Waals surface area contributed by atoms with E-state index in [1.54, 1.807) is 0 Å². The van der Waals surface area contributed by atoms with E-state index in [4.69, 9.17) is 0 Å². The second kappa shape index (κ2) is 3.37. The van der Waals surface area contributed by atoms with Crippen LogP contribution in [0.1, 0.15) is 11.1 Å². The van der Waals surface area contributed by atoms with Crippen molar-refractivity contribution in [1.82, 2.24) is 10.2 Å². The SMILES string of the molecule is c1cc2ccc1CC1CNCCN1C2. The van der Waals surface area contributed by atoms with Gasteiger partial charge in [0.25, 0.3) is 0 Å². The fourth-order valence-electron chi connectivity index (χ4n) is 2.50. The van der Waals surface area contributed by atoms with Gasteiger partial charge in [0.15, 0.2) is 0 Å². The highest BCUT2D eigenvalue weighted by Gasteiger charge is 2.23. The van der Waals surface area contributed by atoms with Gasteiger partial charge in [0, 0.05) is 32.2 Å². The van der Waals surface area contributed by atoms with E-state index in [9.17, 15) is 0 Å². The van der Waals surface area contributed by atoms with Crippen LogP contribution in [0.5, 0.6) is 0 Å². The third-order valence-corrected chi connectivity index (χ3v) is 3.35. The first-order chi connectivity index (χ1) is 6.92. The molecule has 2 nitrogen and oxygen atoms in total. The van der Waals surface area contributed by atoms with Gasteiger partial charge < -0.3 is 5.32 Å². The summed E-state index contributed by atoms with van der Waals surface area (Å²) in [6, 6.07) is 9.81. The summed E-state index contributed by atoms with van der Waals surface area (Å²) in [7, 11) is 0. The molecule has 0 saturated carbocycles. The summed E-state index contributed by atoms with van der Waals surface area (Å²) in [6.45, 7) is 4.63. The molecule has 0 spiro atoms. The normalized spacial score (nSPS) is 26.7. The summed E-state index contributed by atoms with van der Waals surface area (Å²) in [5, 5.41) is 3.48. The van der Waals surface area contributed by atoms with Gasteiger partial charge in [0.05, 0.1) is 0 Å². The van der Waals surface area contributed by atoms with Gasteiger partial charge in [0.1, 0.15) is 0 Å². The van der Waals surface area contributed by atoms with E-state index in [-0.39, 0.29) is 0 Å². The first kappa shape index (κ1) is 8.45. The molecule has 3 aliphatic rings. The van der Waals surface area contributed by atoms with Gasteiger partial charge in [-0.2, -0.15) is 0 Å². The van der Waals surface area contributed by atoms with Crippen molar-refractivity contribution in [3.05, 3.63) is 35.4 Å². The van der Waals surface area contributed by atoms with Crippen LogP contribution in [-0.2, 0) is 13.0 Å². The smallest absolute Gasteiger partial charge is 0.0265 e. The molecule has 1 atom stereocenters. The summed E-state index contributed by atoms with van der Waals surface area (Å²) < 4.78 is 0. The van der Waals surface area contributed by atoms with Gasteiger partial charge in [0.2, 0.25) is 0 Å². The predicted molar refractivity (Wildman–Crippen MR) is 57.2 cm³/mol. The van der Waals surface area contributed by atoms with Gasteiger partial charge in [-0.3, -0.25) is 4.90 Å². The molecule has 1 N–H and O–H groups in total. The highest BCUT2D eigenvalue weighted by atomic mass is 15.2. The first-order valence-corrected chi connectivity index (χ1v) is 5.44. The Hall–Kier alpha value is -0.860. The molecule has 1 fully saturated rings. The van der Waals surface area contributed by atoms with Gasteiger partial charge in [-0.05, 0) is 17.5 Å². The molecular weight excluding hydrogens is 172 g/mol. The van der Waals surface area contributed by atoms with Crippen molar-refractivity contribution in [2.75, 3.05) is 19.6 Å². The quantitative estimate of drug-likeness (QED) is 0.654. The Morgan fingerprint density at radius 3 is 2.79 bits per heavy atom. The van der Waals surface area contributed by atoms with E-state index >= 15 is 0 Å². The predicted octanol–water partition coefficient (Wildman–Crippen LogP) is 1.02. The van der Waals surface area contributed by atoms with Crippen LogP contribution < -0.4 is 5.32 Å². The van der Waals surface area contributed by atoms with Gasteiger partial charge in [-0.25, -0.2) is 0 Å². The monoisotopic (exact) mass is 188 g/mol. The lowest BCUT2D eigenvalue weighted by Gasteiger charge is -2.37. The molecule has 0 amide bonds. The van der Waals surface area contributed by atoms with Crippen LogP contribution >= 0.6 is 0 Å². The van der Waals surface area contributed by atoms with Crippen LogP contribution in [0.3, 0.4) is 0 Å². The van der Waals surface area contributed by atoms with E-state index < -0.39 is 0 Å². The Bertz CT molecular complexity index is 285. The van der Waals surface area contributed by atoms with Crippen molar-refractivity contribution in [2.45, 2.75) is 19.0 Å². The van der Waals surface area contributed by atoms with Crippen molar-refractivity contribution in [3.8, 4) is 0 Å². The maximum Gasteiger partial charge on any atom is 0.0265 e. The Balaban J connectivity index is 1.93. The van der Waals surface area contributed by atoms with E-state index in [0.717, 1.165) is 19.6 Å². The highest BCUT2D eigenvalue weighted by molar-refractivity contribution is 5.25. The fourth-order valence-corrected chi connectivity index (χ4v) is 2.50. The molecule has 2 bridgehead atoms. The minimum absolute atomic E-state index is 0.712. The zero-order valence-corrected chi connectivity index (χ0v) is 8.37. The summed E-state index contributed by atoms with van der Waals surface area (Å²) in [5.74, 6) is 0. The van der Waals surface area contributed by atoms with Crippen LogP contribution in [0.4, 0.5) is 0 Å². The molecule has 4 rings (SSSR count). The first-order valence-electron chi connectivity index (χ1n) is 5.44. The number of nitrogens with zero attached hydrogens (tertiary/aromatic N) is 1. The molecule has 3 aliphatic heterocycles. The Morgan fingerprint density at radius 1 is 1.14 bits per heavy atom. The lowest BCUT2D eigenvalue weighted by atomic mass is 9.98. The van der Waals surface area contributed by atoms with Crippen molar-refractivity contribution < 1.29 is 0 Å². The molecule has 2 heteroatoms. The minimum Gasteiger partial charge on any atom is -0.314 e. The average molecular weight is 188 g/mol. The summed E-state index contributed by atoms with van der Waals surface area (Å²) in [5.41, 5.74) is 2.94. The molecule has 0 aliphatic carbocycles. The van der Waals surface area contributed by atoms with Crippen LogP contribution in [0.2, 0.25) is 0 Å². The lowest BCUT2D eigenvalue weighted by molar-refractivity contribution is 0.150. The number of fused-ring (bicyclic) bond motifs is 2. The maximum absolute atomic E-state index is 3.48. The maximum atomic E-state index is 3.48. The highest BCUT2D eigenvalue weighted by Crippen LogP contribution is 2.19. The van der Waals surface area contributed by atoms with Crippen molar-refractivity contribution in [2.24, 2.45) is 0 Å². The molecule has 14 heavy (non-hydrogen) atoms. The Kier molecular flexibility index (Phi) is 2.03. The third-order valence-electron chi connectivity index (χ3n) is 3.35. The molecule has 3 heterocycles. The van der Waals surface area contributed by atoms with E-state index in [1.165, 1.54) is 24.1 Å². The standard InChI is InChI=1S/C12H16N2/c1-3-11-4-2-10(1)7-12-8-13-5-6-14(12)9-11/h1-4,12-13H,5-9H2. The van der Waals surface area contributed by atoms with Gasteiger partial charge >= 0.3 is 0 Å². The summed E-state index contributed by atoms with van der Waals surface area (Å²) >= 11 is 0. The minimum atomic E-state index is 0.712. The van der Waals surface area contributed by atoms with Crippen molar-refractivity contribution in [1.29, 1.82) is 0 Å². The van der Waals surface area contributed by atoms with Crippen LogP contribution in [-0.4, -0.2) is 30.6 Å². The fraction of sp³-hybridized carbons (Fsp3) is 0.500. The van der Waals surface area contributed by atoms with E-state index in [2.05, 4.69) is 34.5 Å². The van der Waals surface area contributed by atoms with Crippen LogP contribution in [0, 0.1) is 0 Å². The number of rotatable bonds is 0. The number of nitrogens with one attached hydrogen (secondary N) is 1. The summed E-state index contributed by atoms with van der Waals surface area (Å²) in [6.07, 6.45) is 1.20. The molecule has 1 aromatic carbocycles. The molecule has 1 aromatic rings. The molecule has 1 saturated heterocycles. The zero-order valence-electron chi connectivity index (χ0n) is 8.37. The summed E-state index contributed by atoms with van der Waals surface area (Å²) in [4.78, 5) is 2.61. The molecule has 74 valence electrons. The molecule has 0 aromatic heterocycles. The Labute approximate surface area is 84.9 Å². The van der Waals surface area contributed by atoms with E-state index in [1.807, 2.05) is 0 Å². The lowest BCUT2D eigenvalue weighted by Crippen LogP contribution is -2.52. The number of piperazine rings is 1. The average Bonchev–Trinajstić information content (AvgIpc) is 2.17. The van der Waals surface area contributed by atoms with Crippen LogP contribution in [0.25, 0.3) is 0 Å². The number of hydrogen-bond donors (Lipinski definition) is 1. The topological polar surface area (TPSA) is 15.3 Å². The van der Waals surface area contributed by atoms with Crippen molar-refractivity contribution >= 4 is 0 Å². The van der Waals surface area contributed by atoms with Gasteiger partial charge in [-0.15, -0.1) is 0 Å². The number of hydrogen-bond acceptors (Lipinski definition) is 2. The second-order valence-corrected chi connectivity index (χ2v) is 4.35. The van der Waals surface area contributed by atoms with E-state index in [0.29, 0.717) is 6.04 Å². The number of benzene rings is 1.